The average molecular weight is 413 g/mol. The lowest BCUT2D eigenvalue weighted by Crippen LogP contribution is -2.33. The number of nitrogens with zero attached hydrogens (tertiary/aromatic N) is 3. The zero-order chi connectivity index (χ0) is 21.0. The number of amides is 1. The number of benzene rings is 2. The van der Waals surface area contributed by atoms with E-state index in [1.807, 2.05) is 44.2 Å². The van der Waals surface area contributed by atoms with E-state index in [4.69, 9.17) is 0 Å². The van der Waals surface area contributed by atoms with Gasteiger partial charge in [0.15, 0.2) is 0 Å². The van der Waals surface area contributed by atoms with Gasteiger partial charge in [0.25, 0.3) is 5.91 Å². The predicted octanol–water partition coefficient (Wildman–Crippen LogP) is 3.21. The Labute approximate surface area is 171 Å². The van der Waals surface area contributed by atoms with Gasteiger partial charge in [-0.05, 0) is 43.7 Å². The number of anilines is 1. The largest absolute Gasteiger partial charge is 0.322 e. The van der Waals surface area contributed by atoms with Crippen LogP contribution < -0.4 is 5.32 Å². The molecular weight excluding hydrogens is 388 g/mol. The topological polar surface area (TPSA) is 84.3 Å². The highest BCUT2D eigenvalue weighted by Gasteiger charge is 2.22. The lowest BCUT2D eigenvalue weighted by Gasteiger charge is -2.21. The molecule has 0 unspecified atom stereocenters. The van der Waals surface area contributed by atoms with E-state index in [-0.39, 0.29) is 16.8 Å². The molecule has 8 heteroatoms. The Morgan fingerprint density at radius 3 is 2.38 bits per heavy atom. The molecule has 152 valence electrons. The first-order valence-electron chi connectivity index (χ1n) is 9.23. The molecule has 2 aromatic carbocycles. The summed E-state index contributed by atoms with van der Waals surface area (Å²) >= 11 is 0. The van der Waals surface area contributed by atoms with Crippen LogP contribution in [0.2, 0.25) is 0 Å². The molecule has 0 fully saturated rings. The average Bonchev–Trinajstić information content (AvgIpc) is 3.17. The summed E-state index contributed by atoms with van der Waals surface area (Å²) in [7, 11) is -2.01. The molecule has 0 aliphatic rings. The van der Waals surface area contributed by atoms with Gasteiger partial charge in [-0.1, -0.05) is 30.3 Å². The maximum absolute atomic E-state index is 12.5. The molecule has 7 nitrogen and oxygen atoms in total. The molecule has 29 heavy (non-hydrogen) atoms. The fraction of sp³-hybridized carbons (Fsp3) is 0.238. The molecule has 0 saturated heterocycles. The summed E-state index contributed by atoms with van der Waals surface area (Å²) in [6.07, 6.45) is 3.19. The lowest BCUT2D eigenvalue weighted by atomic mass is 10.2. The second kappa shape index (κ2) is 8.59. The molecule has 0 bridgehead atoms. The summed E-state index contributed by atoms with van der Waals surface area (Å²) in [5, 5.41) is 6.99. The normalized spacial score (nSPS) is 11.8. The number of nitrogens with one attached hydrogen (secondary N) is 1. The highest BCUT2D eigenvalue weighted by atomic mass is 32.2. The molecule has 1 aromatic heterocycles. The predicted molar refractivity (Wildman–Crippen MR) is 112 cm³/mol. The monoisotopic (exact) mass is 412 g/mol. The minimum atomic E-state index is -3.55. The highest BCUT2D eigenvalue weighted by Crippen LogP contribution is 2.19. The molecular formula is C21H24N4O3S. The van der Waals surface area contributed by atoms with Crippen molar-refractivity contribution < 1.29 is 13.2 Å². The van der Waals surface area contributed by atoms with Crippen molar-refractivity contribution in [3.05, 3.63) is 78.1 Å². The summed E-state index contributed by atoms with van der Waals surface area (Å²) in [6.45, 7) is 4.19. The minimum absolute atomic E-state index is 0.146. The number of rotatable bonds is 7. The number of aromatic nitrogens is 2. The van der Waals surface area contributed by atoms with Gasteiger partial charge in [-0.3, -0.25) is 9.48 Å². The number of carbonyl (C=O) groups is 1. The summed E-state index contributed by atoms with van der Waals surface area (Å²) in [5.41, 5.74) is 2.03. The molecule has 0 spiro atoms. The van der Waals surface area contributed by atoms with Gasteiger partial charge >= 0.3 is 0 Å². The van der Waals surface area contributed by atoms with Gasteiger partial charge < -0.3 is 5.32 Å². The molecule has 3 aromatic rings. The molecule has 1 amide bonds. The molecule has 3 rings (SSSR count). The summed E-state index contributed by atoms with van der Waals surface area (Å²) in [5.74, 6) is -0.306. The van der Waals surface area contributed by atoms with Crippen LogP contribution in [0.3, 0.4) is 0 Å². The Bertz CT molecular complexity index is 1070. The number of hydrogen-bond acceptors (Lipinski definition) is 4. The van der Waals surface area contributed by atoms with Crippen molar-refractivity contribution in [2.24, 2.45) is 0 Å². The van der Waals surface area contributed by atoms with Crippen molar-refractivity contribution in [3.63, 3.8) is 0 Å². The third kappa shape index (κ3) is 4.90. The van der Waals surface area contributed by atoms with Gasteiger partial charge in [0.05, 0.1) is 23.2 Å². The first kappa shape index (κ1) is 20.8. The van der Waals surface area contributed by atoms with Crippen molar-refractivity contribution >= 4 is 21.6 Å². The zero-order valence-corrected chi connectivity index (χ0v) is 17.4. The maximum atomic E-state index is 12.5. The SMILES string of the molecule is CC(C)N(C)S(=O)(=O)c1ccc(NC(=O)c2cnn(Cc3ccccc3)c2)cc1. The van der Waals surface area contributed by atoms with Crippen molar-refractivity contribution in [2.75, 3.05) is 12.4 Å². The van der Waals surface area contributed by atoms with E-state index in [9.17, 15) is 13.2 Å². The van der Waals surface area contributed by atoms with Gasteiger partial charge in [-0.25, -0.2) is 8.42 Å². The summed E-state index contributed by atoms with van der Waals surface area (Å²) in [4.78, 5) is 12.7. The van der Waals surface area contributed by atoms with E-state index < -0.39 is 10.0 Å². The maximum Gasteiger partial charge on any atom is 0.258 e. The van der Waals surface area contributed by atoms with Crippen molar-refractivity contribution in [1.82, 2.24) is 14.1 Å². The molecule has 0 radical (unpaired) electrons. The smallest absolute Gasteiger partial charge is 0.258 e. The van der Waals surface area contributed by atoms with Crippen LogP contribution >= 0.6 is 0 Å². The van der Waals surface area contributed by atoms with E-state index >= 15 is 0 Å². The highest BCUT2D eigenvalue weighted by molar-refractivity contribution is 7.89. The van der Waals surface area contributed by atoms with Gasteiger partial charge in [0.2, 0.25) is 10.0 Å². The first-order chi connectivity index (χ1) is 13.8. The molecule has 0 aliphatic carbocycles. The standard InChI is InChI=1S/C21H24N4O3S/c1-16(2)24(3)29(27,28)20-11-9-19(10-12-20)23-21(26)18-13-22-25(15-18)14-17-7-5-4-6-8-17/h4-13,15-16H,14H2,1-3H3,(H,23,26). The van der Waals surface area contributed by atoms with Crippen molar-refractivity contribution in [2.45, 2.75) is 31.3 Å². The fourth-order valence-corrected chi connectivity index (χ4v) is 4.06. The van der Waals surface area contributed by atoms with Crippen LogP contribution in [0, 0.1) is 0 Å². The Kier molecular flexibility index (Phi) is 6.14. The molecule has 0 saturated carbocycles. The van der Waals surface area contributed by atoms with Gasteiger partial charge in [-0.15, -0.1) is 0 Å². The molecule has 0 aliphatic heterocycles. The van der Waals surface area contributed by atoms with E-state index in [1.165, 1.54) is 22.6 Å². The van der Waals surface area contributed by atoms with Crippen molar-refractivity contribution in [1.29, 1.82) is 0 Å². The van der Waals surface area contributed by atoms with E-state index in [1.54, 1.807) is 30.1 Å². The van der Waals surface area contributed by atoms with Gasteiger partial charge in [0, 0.05) is 25.0 Å². The Hall–Kier alpha value is -2.97. The van der Waals surface area contributed by atoms with Crippen LogP contribution in [0.1, 0.15) is 29.8 Å². The van der Waals surface area contributed by atoms with Gasteiger partial charge in [0.1, 0.15) is 0 Å². The molecule has 1 N–H and O–H groups in total. The van der Waals surface area contributed by atoms with Crippen molar-refractivity contribution in [3.8, 4) is 0 Å². The van der Waals surface area contributed by atoms with Crippen LogP contribution in [0.25, 0.3) is 0 Å². The lowest BCUT2D eigenvalue weighted by molar-refractivity contribution is 0.102. The molecule has 1 heterocycles. The van der Waals surface area contributed by atoms with Crippen LogP contribution in [-0.2, 0) is 16.6 Å². The third-order valence-electron chi connectivity index (χ3n) is 4.60. The second-order valence-corrected chi connectivity index (χ2v) is 9.00. The fourth-order valence-electron chi connectivity index (χ4n) is 2.70. The van der Waals surface area contributed by atoms with Crippen LogP contribution in [0.5, 0.6) is 0 Å². The number of carbonyl (C=O) groups excluding carboxylic acids is 1. The zero-order valence-electron chi connectivity index (χ0n) is 16.6. The molecule has 0 atom stereocenters. The Balaban J connectivity index is 1.67. The van der Waals surface area contributed by atoms with Gasteiger partial charge in [-0.2, -0.15) is 9.40 Å². The minimum Gasteiger partial charge on any atom is -0.322 e. The Morgan fingerprint density at radius 2 is 1.76 bits per heavy atom. The summed E-state index contributed by atoms with van der Waals surface area (Å²) in [6, 6.07) is 15.8. The van der Waals surface area contributed by atoms with E-state index in [0.29, 0.717) is 17.8 Å². The van der Waals surface area contributed by atoms with Crippen LogP contribution in [0.15, 0.2) is 71.9 Å². The number of hydrogen-bond donors (Lipinski definition) is 1. The third-order valence-corrected chi connectivity index (χ3v) is 6.65. The van der Waals surface area contributed by atoms with Crippen LogP contribution in [0.4, 0.5) is 5.69 Å². The van der Waals surface area contributed by atoms with Crippen LogP contribution in [-0.4, -0.2) is 41.5 Å². The first-order valence-corrected chi connectivity index (χ1v) is 10.7. The summed E-state index contributed by atoms with van der Waals surface area (Å²) < 4.78 is 28.0. The number of sulfonamides is 1. The quantitative estimate of drug-likeness (QED) is 0.646. The Morgan fingerprint density at radius 1 is 1.10 bits per heavy atom. The second-order valence-electron chi connectivity index (χ2n) is 7.01. The van der Waals surface area contributed by atoms with E-state index in [0.717, 1.165) is 5.56 Å². The van der Waals surface area contributed by atoms with E-state index in [2.05, 4.69) is 10.4 Å².